The molecule has 2 heterocycles. The van der Waals surface area contributed by atoms with Crippen molar-refractivity contribution in [3.05, 3.63) is 0 Å². The molecule has 2 aliphatic rings. The van der Waals surface area contributed by atoms with Crippen molar-refractivity contribution in [3.63, 3.8) is 0 Å². The molecule has 0 N–H and O–H groups in total. The van der Waals surface area contributed by atoms with E-state index in [1.54, 1.807) is 0 Å². The summed E-state index contributed by atoms with van der Waals surface area (Å²) in [5.41, 5.74) is 0. The van der Waals surface area contributed by atoms with E-state index in [-0.39, 0.29) is 0 Å². The predicted molar refractivity (Wildman–Crippen MR) is 70.2 cm³/mol. The third kappa shape index (κ3) is 4.26. The second kappa shape index (κ2) is 7.38. The number of unbranched alkanes of at least 4 members (excludes halogenated alkanes) is 3. The Morgan fingerprint density at radius 3 is 2.71 bits per heavy atom. The summed E-state index contributed by atoms with van der Waals surface area (Å²) in [4.78, 5) is 0. The van der Waals surface area contributed by atoms with E-state index in [1.807, 2.05) is 0 Å². The van der Waals surface area contributed by atoms with E-state index in [0.29, 0.717) is 18.3 Å². The van der Waals surface area contributed by atoms with Gasteiger partial charge in [0.05, 0.1) is 18.3 Å². The highest BCUT2D eigenvalue weighted by atomic mass is 16.5. The van der Waals surface area contributed by atoms with Gasteiger partial charge in [-0.2, -0.15) is 0 Å². The normalized spacial score (nSPS) is 34.1. The lowest BCUT2D eigenvalue weighted by Crippen LogP contribution is -2.36. The summed E-state index contributed by atoms with van der Waals surface area (Å²) in [5.74, 6) is 0. The van der Waals surface area contributed by atoms with Crippen LogP contribution in [0.25, 0.3) is 0 Å². The fourth-order valence-electron chi connectivity index (χ4n) is 3.11. The van der Waals surface area contributed by atoms with Crippen LogP contribution in [0.3, 0.4) is 0 Å². The van der Waals surface area contributed by atoms with Crippen molar-refractivity contribution in [2.24, 2.45) is 0 Å². The van der Waals surface area contributed by atoms with Gasteiger partial charge in [0.1, 0.15) is 0 Å². The fraction of sp³-hybridized carbons (Fsp3) is 1.00. The van der Waals surface area contributed by atoms with Gasteiger partial charge in [0.2, 0.25) is 0 Å². The summed E-state index contributed by atoms with van der Waals surface area (Å²) in [6.45, 7) is 3.22. The lowest BCUT2D eigenvalue weighted by atomic mass is 10.0. The van der Waals surface area contributed by atoms with Crippen molar-refractivity contribution in [3.8, 4) is 0 Å². The molecule has 3 atom stereocenters. The Hall–Kier alpha value is -0.0800. The molecule has 0 saturated carbocycles. The molecule has 2 saturated heterocycles. The van der Waals surface area contributed by atoms with Crippen LogP contribution in [-0.2, 0) is 9.47 Å². The van der Waals surface area contributed by atoms with Crippen molar-refractivity contribution < 1.29 is 9.47 Å². The van der Waals surface area contributed by atoms with Gasteiger partial charge in [-0.25, -0.2) is 0 Å². The van der Waals surface area contributed by atoms with E-state index in [0.717, 1.165) is 6.61 Å². The summed E-state index contributed by atoms with van der Waals surface area (Å²) in [7, 11) is 0. The first-order valence-corrected chi connectivity index (χ1v) is 7.67. The molecule has 0 aliphatic carbocycles. The van der Waals surface area contributed by atoms with Crippen LogP contribution in [0.15, 0.2) is 0 Å². The molecule has 100 valence electrons. The van der Waals surface area contributed by atoms with Gasteiger partial charge in [-0.15, -0.1) is 0 Å². The summed E-state index contributed by atoms with van der Waals surface area (Å²) in [6.07, 6.45) is 14.2. The van der Waals surface area contributed by atoms with Crippen LogP contribution in [0, 0.1) is 0 Å². The van der Waals surface area contributed by atoms with E-state index < -0.39 is 0 Å². The molecular weight excluding hydrogens is 212 g/mol. The molecule has 2 aliphatic heterocycles. The van der Waals surface area contributed by atoms with Gasteiger partial charge < -0.3 is 9.47 Å². The average Bonchev–Trinajstić information content (AvgIpc) is 2.56. The second-order valence-electron chi connectivity index (χ2n) is 5.63. The highest BCUT2D eigenvalue weighted by Gasteiger charge is 2.31. The van der Waals surface area contributed by atoms with Crippen LogP contribution < -0.4 is 0 Å². The molecule has 0 spiro atoms. The summed E-state index contributed by atoms with van der Waals surface area (Å²) < 4.78 is 12.1. The second-order valence-corrected chi connectivity index (χ2v) is 5.63. The largest absolute Gasteiger partial charge is 0.376 e. The molecule has 0 aromatic carbocycles. The average molecular weight is 240 g/mol. The smallest absolute Gasteiger partial charge is 0.0841 e. The zero-order valence-electron chi connectivity index (χ0n) is 11.3. The van der Waals surface area contributed by atoms with Crippen molar-refractivity contribution in [1.82, 2.24) is 0 Å². The summed E-state index contributed by atoms with van der Waals surface area (Å²) >= 11 is 0. The van der Waals surface area contributed by atoms with Gasteiger partial charge in [-0.1, -0.05) is 32.6 Å². The van der Waals surface area contributed by atoms with Gasteiger partial charge >= 0.3 is 0 Å². The Labute approximate surface area is 106 Å². The molecule has 17 heavy (non-hydrogen) atoms. The van der Waals surface area contributed by atoms with Gasteiger partial charge in [-0.05, 0) is 38.5 Å². The number of fused-ring (bicyclic) bond motifs is 1. The molecule has 0 bridgehead atoms. The monoisotopic (exact) mass is 240 g/mol. The van der Waals surface area contributed by atoms with Gasteiger partial charge in [0, 0.05) is 6.61 Å². The minimum absolute atomic E-state index is 0.405. The van der Waals surface area contributed by atoms with E-state index in [1.165, 1.54) is 64.2 Å². The Bertz CT molecular complexity index is 205. The van der Waals surface area contributed by atoms with Crippen LogP contribution in [0.4, 0.5) is 0 Å². The van der Waals surface area contributed by atoms with Gasteiger partial charge in [-0.3, -0.25) is 0 Å². The zero-order chi connectivity index (χ0) is 11.9. The SMILES string of the molecule is CCCCCC[C@H]1CCCC2OCCCC2O1. The highest BCUT2D eigenvalue weighted by Crippen LogP contribution is 2.29. The van der Waals surface area contributed by atoms with Gasteiger partial charge in [0.15, 0.2) is 0 Å². The van der Waals surface area contributed by atoms with Crippen molar-refractivity contribution in [2.45, 2.75) is 89.4 Å². The number of hydrogen-bond donors (Lipinski definition) is 0. The van der Waals surface area contributed by atoms with E-state index in [9.17, 15) is 0 Å². The molecule has 2 nitrogen and oxygen atoms in total. The first-order chi connectivity index (χ1) is 8.40. The van der Waals surface area contributed by atoms with Crippen LogP contribution in [0.1, 0.15) is 71.1 Å². The molecule has 2 unspecified atom stereocenters. The van der Waals surface area contributed by atoms with Crippen LogP contribution >= 0.6 is 0 Å². The van der Waals surface area contributed by atoms with Crippen molar-refractivity contribution >= 4 is 0 Å². The van der Waals surface area contributed by atoms with Crippen LogP contribution in [0.5, 0.6) is 0 Å². The number of ether oxygens (including phenoxy) is 2. The zero-order valence-corrected chi connectivity index (χ0v) is 11.3. The van der Waals surface area contributed by atoms with Crippen molar-refractivity contribution in [1.29, 1.82) is 0 Å². The fourth-order valence-corrected chi connectivity index (χ4v) is 3.11. The first-order valence-electron chi connectivity index (χ1n) is 7.67. The summed E-state index contributed by atoms with van der Waals surface area (Å²) in [5, 5.41) is 0. The molecule has 0 aromatic heterocycles. The summed E-state index contributed by atoms with van der Waals surface area (Å²) in [6, 6.07) is 0. The Morgan fingerprint density at radius 2 is 1.82 bits per heavy atom. The highest BCUT2D eigenvalue weighted by molar-refractivity contribution is 4.80. The lowest BCUT2D eigenvalue weighted by Gasteiger charge is -2.31. The maximum atomic E-state index is 6.27. The molecule has 0 aromatic rings. The number of rotatable bonds is 5. The molecule has 2 heteroatoms. The van der Waals surface area contributed by atoms with E-state index in [4.69, 9.17) is 9.47 Å². The topological polar surface area (TPSA) is 18.5 Å². The number of hydrogen-bond acceptors (Lipinski definition) is 2. The predicted octanol–water partition coefficient (Wildman–Crippen LogP) is 4.07. The quantitative estimate of drug-likeness (QED) is 0.674. The third-order valence-electron chi connectivity index (χ3n) is 4.14. The molecule has 2 fully saturated rings. The Morgan fingerprint density at radius 1 is 0.941 bits per heavy atom. The third-order valence-corrected chi connectivity index (χ3v) is 4.14. The van der Waals surface area contributed by atoms with Crippen LogP contribution in [0.2, 0.25) is 0 Å². The lowest BCUT2D eigenvalue weighted by molar-refractivity contribution is -0.121. The maximum Gasteiger partial charge on any atom is 0.0841 e. The van der Waals surface area contributed by atoms with Crippen molar-refractivity contribution in [2.75, 3.05) is 6.61 Å². The molecule has 0 radical (unpaired) electrons. The van der Waals surface area contributed by atoms with Gasteiger partial charge in [0.25, 0.3) is 0 Å². The molecule has 2 rings (SSSR count). The maximum absolute atomic E-state index is 6.27. The Balaban J connectivity index is 1.71. The molecular formula is C15H28O2. The van der Waals surface area contributed by atoms with Crippen LogP contribution in [-0.4, -0.2) is 24.9 Å². The van der Waals surface area contributed by atoms with E-state index in [2.05, 4.69) is 6.92 Å². The minimum Gasteiger partial charge on any atom is -0.376 e. The standard InChI is InChI=1S/C15H28O2/c1-2-3-4-5-8-13-9-6-10-14-15(17-13)11-7-12-16-14/h13-15H,2-12H2,1H3/t13-,14?,15?/m0/s1. The molecule has 0 amide bonds. The Kier molecular flexibility index (Phi) is 5.79. The first kappa shape index (κ1) is 13.4. The van der Waals surface area contributed by atoms with E-state index >= 15 is 0 Å². The minimum atomic E-state index is 0.405.